The molecule has 1 aromatic heterocycles. The molecule has 1 rings (SSSR count). The van der Waals surface area contributed by atoms with E-state index in [1.807, 2.05) is 6.07 Å². The number of nitrogen functional groups attached to an aromatic ring is 1. The van der Waals surface area contributed by atoms with Crippen LogP contribution in [-0.2, 0) is 0 Å². The Balaban J connectivity index is 1.75. The van der Waals surface area contributed by atoms with Crippen LogP contribution in [0.15, 0.2) is 12.3 Å². The van der Waals surface area contributed by atoms with Crippen molar-refractivity contribution in [1.82, 2.24) is 9.97 Å². The van der Waals surface area contributed by atoms with Gasteiger partial charge in [0.15, 0.2) is 0 Å². The van der Waals surface area contributed by atoms with Gasteiger partial charge in [-0.1, -0.05) is 96.8 Å². The molecule has 0 aliphatic carbocycles. The van der Waals surface area contributed by atoms with E-state index in [9.17, 15) is 0 Å². The van der Waals surface area contributed by atoms with Gasteiger partial charge in [0.05, 0.1) is 0 Å². The second kappa shape index (κ2) is 16.2. The van der Waals surface area contributed by atoms with Crippen LogP contribution in [0, 0.1) is 0 Å². The highest BCUT2D eigenvalue weighted by atomic mass is 15.1. The van der Waals surface area contributed by atoms with E-state index in [1.165, 1.54) is 96.3 Å². The average molecular weight is 349 g/mol. The molecule has 0 saturated carbocycles. The predicted octanol–water partition coefficient (Wildman–Crippen LogP) is 6.34. The largest absolute Gasteiger partial charge is 0.370 e. The Morgan fingerprint density at radius 3 is 1.72 bits per heavy atom. The molecule has 3 N–H and O–H groups in total. The van der Waals surface area contributed by atoms with E-state index in [2.05, 4.69) is 22.2 Å². The van der Waals surface area contributed by atoms with Gasteiger partial charge in [0.1, 0.15) is 5.82 Å². The fourth-order valence-electron chi connectivity index (χ4n) is 3.19. The molecular formula is C21H40N4. The smallest absolute Gasteiger partial charge is 0.221 e. The summed E-state index contributed by atoms with van der Waals surface area (Å²) in [5, 5.41) is 3.30. The van der Waals surface area contributed by atoms with Gasteiger partial charge >= 0.3 is 0 Å². The Bertz CT molecular complexity index is 409. The Labute approximate surface area is 155 Å². The molecule has 0 aliphatic rings. The van der Waals surface area contributed by atoms with Crippen molar-refractivity contribution < 1.29 is 0 Å². The lowest BCUT2D eigenvalue weighted by atomic mass is 10.0. The number of rotatable bonds is 17. The fraction of sp³-hybridized carbons (Fsp3) is 0.810. The summed E-state index contributed by atoms with van der Waals surface area (Å²) in [4.78, 5) is 8.03. The lowest BCUT2D eigenvalue weighted by Crippen LogP contribution is -2.05. The third-order valence-corrected chi connectivity index (χ3v) is 4.76. The van der Waals surface area contributed by atoms with E-state index in [-0.39, 0.29) is 0 Å². The molecule has 4 heteroatoms. The summed E-state index contributed by atoms with van der Waals surface area (Å²) in [5.74, 6) is 1.17. The molecule has 0 atom stereocenters. The zero-order chi connectivity index (χ0) is 18.0. The van der Waals surface area contributed by atoms with Crippen molar-refractivity contribution in [2.24, 2.45) is 0 Å². The molecule has 0 fully saturated rings. The fourth-order valence-corrected chi connectivity index (χ4v) is 3.19. The highest BCUT2D eigenvalue weighted by molar-refractivity contribution is 5.36. The number of anilines is 2. The van der Waals surface area contributed by atoms with Crippen LogP contribution in [0.1, 0.15) is 103 Å². The Morgan fingerprint density at radius 1 is 0.760 bits per heavy atom. The minimum atomic E-state index is 0.335. The summed E-state index contributed by atoms with van der Waals surface area (Å²) >= 11 is 0. The number of hydrogen-bond donors (Lipinski definition) is 2. The van der Waals surface area contributed by atoms with Crippen molar-refractivity contribution >= 4 is 11.8 Å². The molecule has 144 valence electrons. The molecule has 0 aliphatic heterocycles. The zero-order valence-corrected chi connectivity index (χ0v) is 16.4. The topological polar surface area (TPSA) is 63.8 Å². The molecular weight excluding hydrogens is 308 g/mol. The number of aromatic nitrogens is 2. The Kier molecular flexibility index (Phi) is 14.0. The molecule has 25 heavy (non-hydrogen) atoms. The van der Waals surface area contributed by atoms with E-state index in [4.69, 9.17) is 5.73 Å². The van der Waals surface area contributed by atoms with Crippen LogP contribution in [0.5, 0.6) is 0 Å². The summed E-state index contributed by atoms with van der Waals surface area (Å²) in [5.41, 5.74) is 5.56. The number of nitrogens with two attached hydrogens (primary N) is 1. The van der Waals surface area contributed by atoms with E-state index < -0.39 is 0 Å². The number of unbranched alkanes of at least 4 members (excludes halogenated alkanes) is 14. The first kappa shape index (κ1) is 21.7. The van der Waals surface area contributed by atoms with Gasteiger partial charge in [-0.25, -0.2) is 4.98 Å². The standard InChI is InChI=1S/C21H40N4/c1-2-3-4-5-6-7-8-9-10-11-12-13-14-15-16-18-23-20-17-19-24-21(22)25-20/h17,19H,2-16,18H2,1H3,(H3,22,23,24,25). The van der Waals surface area contributed by atoms with Gasteiger partial charge in [-0.3, -0.25) is 0 Å². The van der Waals surface area contributed by atoms with Crippen LogP contribution >= 0.6 is 0 Å². The predicted molar refractivity (Wildman–Crippen MR) is 110 cm³/mol. The van der Waals surface area contributed by atoms with Crippen molar-refractivity contribution in [3.63, 3.8) is 0 Å². The minimum Gasteiger partial charge on any atom is -0.370 e. The molecule has 0 radical (unpaired) electrons. The third kappa shape index (κ3) is 13.6. The first-order valence-electron chi connectivity index (χ1n) is 10.7. The Hall–Kier alpha value is -1.32. The van der Waals surface area contributed by atoms with E-state index in [0.29, 0.717) is 5.95 Å². The van der Waals surface area contributed by atoms with Crippen molar-refractivity contribution in [3.05, 3.63) is 12.3 Å². The molecule has 1 aromatic rings. The zero-order valence-electron chi connectivity index (χ0n) is 16.4. The summed E-state index contributed by atoms with van der Waals surface area (Å²) in [6, 6.07) is 1.86. The third-order valence-electron chi connectivity index (χ3n) is 4.76. The van der Waals surface area contributed by atoms with E-state index >= 15 is 0 Å². The van der Waals surface area contributed by atoms with Crippen molar-refractivity contribution in [1.29, 1.82) is 0 Å². The van der Waals surface area contributed by atoms with Gasteiger partial charge in [-0.15, -0.1) is 0 Å². The normalized spacial score (nSPS) is 10.9. The van der Waals surface area contributed by atoms with Crippen molar-refractivity contribution in [3.8, 4) is 0 Å². The van der Waals surface area contributed by atoms with E-state index in [1.54, 1.807) is 6.20 Å². The van der Waals surface area contributed by atoms with Gasteiger partial charge in [0.2, 0.25) is 5.95 Å². The maximum atomic E-state index is 5.56. The first-order valence-corrected chi connectivity index (χ1v) is 10.7. The molecule has 0 aromatic carbocycles. The lowest BCUT2D eigenvalue weighted by molar-refractivity contribution is 0.533. The average Bonchev–Trinajstić information content (AvgIpc) is 2.61. The molecule has 4 nitrogen and oxygen atoms in total. The first-order chi connectivity index (χ1) is 12.3. The summed E-state index contributed by atoms with van der Waals surface area (Å²) in [6.07, 6.45) is 22.7. The Morgan fingerprint density at radius 2 is 1.24 bits per heavy atom. The number of nitrogens with zero attached hydrogens (tertiary/aromatic N) is 2. The van der Waals surface area contributed by atoms with Crippen LogP contribution in [0.3, 0.4) is 0 Å². The highest BCUT2D eigenvalue weighted by Gasteiger charge is 1.96. The summed E-state index contributed by atoms with van der Waals surface area (Å²) < 4.78 is 0. The van der Waals surface area contributed by atoms with Crippen LogP contribution < -0.4 is 11.1 Å². The van der Waals surface area contributed by atoms with Crippen LogP contribution in [0.4, 0.5) is 11.8 Å². The molecule has 1 heterocycles. The number of hydrogen-bond acceptors (Lipinski definition) is 4. The second-order valence-electron chi connectivity index (χ2n) is 7.18. The maximum absolute atomic E-state index is 5.56. The van der Waals surface area contributed by atoms with Gasteiger partial charge < -0.3 is 11.1 Å². The highest BCUT2D eigenvalue weighted by Crippen LogP contribution is 2.13. The SMILES string of the molecule is CCCCCCCCCCCCCCCCCNc1ccnc(N)n1. The van der Waals surface area contributed by atoms with Gasteiger partial charge in [-0.05, 0) is 12.5 Å². The second-order valence-corrected chi connectivity index (χ2v) is 7.18. The van der Waals surface area contributed by atoms with Gasteiger partial charge in [0, 0.05) is 12.7 Å². The molecule has 0 bridgehead atoms. The van der Waals surface area contributed by atoms with Gasteiger partial charge in [-0.2, -0.15) is 4.98 Å². The van der Waals surface area contributed by atoms with Crippen LogP contribution in [0.2, 0.25) is 0 Å². The quantitative estimate of drug-likeness (QED) is 0.322. The molecule has 0 amide bonds. The molecule has 0 spiro atoms. The lowest BCUT2D eigenvalue weighted by Gasteiger charge is -2.06. The van der Waals surface area contributed by atoms with E-state index in [0.717, 1.165) is 12.4 Å². The number of nitrogens with one attached hydrogen (secondary N) is 1. The molecule has 0 saturated heterocycles. The van der Waals surface area contributed by atoms with Crippen LogP contribution in [0.25, 0.3) is 0 Å². The van der Waals surface area contributed by atoms with Gasteiger partial charge in [0.25, 0.3) is 0 Å². The maximum Gasteiger partial charge on any atom is 0.221 e. The molecule has 0 unspecified atom stereocenters. The van der Waals surface area contributed by atoms with Crippen LogP contribution in [-0.4, -0.2) is 16.5 Å². The van der Waals surface area contributed by atoms with Crippen molar-refractivity contribution in [2.45, 2.75) is 103 Å². The van der Waals surface area contributed by atoms with Crippen molar-refractivity contribution in [2.75, 3.05) is 17.6 Å². The summed E-state index contributed by atoms with van der Waals surface area (Å²) in [7, 11) is 0. The summed E-state index contributed by atoms with van der Waals surface area (Å²) in [6.45, 7) is 3.25. The minimum absolute atomic E-state index is 0.335. The monoisotopic (exact) mass is 348 g/mol.